The Labute approximate surface area is 146 Å². The molecule has 25 heavy (non-hydrogen) atoms. The second kappa shape index (κ2) is 7.25. The summed E-state index contributed by atoms with van der Waals surface area (Å²) in [5, 5.41) is 2.63. The van der Waals surface area contributed by atoms with Gasteiger partial charge in [-0.2, -0.15) is 0 Å². The fourth-order valence-corrected chi connectivity index (χ4v) is 2.95. The second-order valence-electron chi connectivity index (χ2n) is 5.71. The Morgan fingerprint density at radius 2 is 1.88 bits per heavy atom. The highest BCUT2D eigenvalue weighted by Gasteiger charge is 2.27. The Morgan fingerprint density at radius 1 is 1.08 bits per heavy atom. The minimum absolute atomic E-state index is 0.394. The van der Waals surface area contributed by atoms with Gasteiger partial charge in [-0.25, -0.2) is 0 Å². The van der Waals surface area contributed by atoms with Crippen molar-refractivity contribution in [2.45, 2.75) is 12.8 Å². The molecule has 0 saturated heterocycles. The highest BCUT2D eigenvalue weighted by atomic mass is 16.5. The van der Waals surface area contributed by atoms with Crippen molar-refractivity contribution in [1.29, 1.82) is 0 Å². The summed E-state index contributed by atoms with van der Waals surface area (Å²) >= 11 is 0. The molecule has 0 unspecified atom stereocenters. The molecular weight excluding hydrogens is 320 g/mol. The van der Waals surface area contributed by atoms with Crippen molar-refractivity contribution in [1.82, 2.24) is 0 Å². The Balaban J connectivity index is 1.82. The number of rotatable bonds is 3. The van der Waals surface area contributed by atoms with Crippen LogP contribution in [0.2, 0.25) is 0 Å². The molecule has 130 valence electrons. The van der Waals surface area contributed by atoms with E-state index in [2.05, 4.69) is 5.32 Å². The molecule has 1 N–H and O–H groups in total. The van der Waals surface area contributed by atoms with Crippen LogP contribution in [-0.4, -0.2) is 32.6 Å². The molecular formula is C19H20N2O4. The summed E-state index contributed by atoms with van der Waals surface area (Å²) in [6.07, 6.45) is 1.74. The van der Waals surface area contributed by atoms with Crippen molar-refractivity contribution in [2.75, 3.05) is 31.0 Å². The van der Waals surface area contributed by atoms with Crippen molar-refractivity contribution in [3.63, 3.8) is 0 Å². The lowest BCUT2D eigenvalue weighted by molar-refractivity contribution is -0.134. The van der Waals surface area contributed by atoms with E-state index in [1.165, 1.54) is 19.1 Å². The quantitative estimate of drug-likeness (QED) is 0.872. The van der Waals surface area contributed by atoms with Crippen LogP contribution in [0.3, 0.4) is 0 Å². The first-order chi connectivity index (χ1) is 12.1. The highest BCUT2D eigenvalue weighted by molar-refractivity contribution is 6.44. The molecule has 1 heterocycles. The summed E-state index contributed by atoms with van der Waals surface area (Å²) in [5.41, 5.74) is 2.27. The SMILES string of the molecule is COc1ccc(OC)c(NC(=O)C(=O)N2CCCc3ccccc32)c1. The molecule has 2 amide bonds. The first-order valence-corrected chi connectivity index (χ1v) is 8.07. The minimum atomic E-state index is -0.705. The Bertz CT molecular complexity index is 804. The third-order valence-electron chi connectivity index (χ3n) is 4.20. The number of nitrogens with one attached hydrogen (secondary N) is 1. The number of carbonyl (C=O) groups is 2. The first-order valence-electron chi connectivity index (χ1n) is 8.07. The van der Waals surface area contributed by atoms with Crippen LogP contribution in [0, 0.1) is 0 Å². The lowest BCUT2D eigenvalue weighted by Crippen LogP contribution is -2.42. The summed E-state index contributed by atoms with van der Waals surface area (Å²) in [6, 6.07) is 12.7. The van der Waals surface area contributed by atoms with Crippen LogP contribution in [0.5, 0.6) is 11.5 Å². The van der Waals surface area contributed by atoms with Gasteiger partial charge in [0.2, 0.25) is 0 Å². The smallest absolute Gasteiger partial charge is 0.316 e. The van der Waals surface area contributed by atoms with Crippen LogP contribution in [0.4, 0.5) is 11.4 Å². The molecule has 3 rings (SSSR count). The number of aryl methyl sites for hydroxylation is 1. The van der Waals surface area contributed by atoms with Crippen molar-refractivity contribution < 1.29 is 19.1 Å². The van der Waals surface area contributed by atoms with E-state index in [4.69, 9.17) is 9.47 Å². The lowest BCUT2D eigenvalue weighted by Gasteiger charge is -2.28. The van der Waals surface area contributed by atoms with Gasteiger partial charge in [-0.05, 0) is 36.6 Å². The van der Waals surface area contributed by atoms with E-state index in [9.17, 15) is 9.59 Å². The van der Waals surface area contributed by atoms with E-state index in [1.807, 2.05) is 24.3 Å². The van der Waals surface area contributed by atoms with Crippen molar-refractivity contribution in [3.8, 4) is 11.5 Å². The number of benzene rings is 2. The van der Waals surface area contributed by atoms with E-state index in [1.54, 1.807) is 18.2 Å². The molecule has 1 aliphatic heterocycles. The molecule has 0 bridgehead atoms. The predicted octanol–water partition coefficient (Wildman–Crippen LogP) is 2.62. The van der Waals surface area contributed by atoms with E-state index in [0.29, 0.717) is 23.7 Å². The minimum Gasteiger partial charge on any atom is -0.497 e. The van der Waals surface area contributed by atoms with Gasteiger partial charge in [-0.1, -0.05) is 18.2 Å². The van der Waals surface area contributed by atoms with Gasteiger partial charge in [0.05, 0.1) is 19.9 Å². The standard InChI is InChI=1S/C19H20N2O4/c1-24-14-9-10-17(25-2)15(12-14)20-18(22)19(23)21-11-5-7-13-6-3-4-8-16(13)21/h3-4,6,8-10,12H,5,7,11H2,1-2H3,(H,20,22). The van der Waals surface area contributed by atoms with Gasteiger partial charge in [0, 0.05) is 18.3 Å². The topological polar surface area (TPSA) is 67.9 Å². The maximum absolute atomic E-state index is 12.7. The number of fused-ring (bicyclic) bond motifs is 1. The van der Waals surface area contributed by atoms with Crippen LogP contribution in [0.25, 0.3) is 0 Å². The molecule has 2 aromatic carbocycles. The van der Waals surface area contributed by atoms with E-state index in [0.717, 1.165) is 24.1 Å². The van der Waals surface area contributed by atoms with Crippen LogP contribution >= 0.6 is 0 Å². The highest BCUT2D eigenvalue weighted by Crippen LogP contribution is 2.30. The summed E-state index contributed by atoms with van der Waals surface area (Å²) in [5.74, 6) is -0.270. The van der Waals surface area contributed by atoms with Gasteiger partial charge in [0.1, 0.15) is 11.5 Å². The molecule has 0 aliphatic carbocycles. The summed E-state index contributed by atoms with van der Waals surface area (Å²) in [6.45, 7) is 0.526. The molecule has 1 aliphatic rings. The summed E-state index contributed by atoms with van der Waals surface area (Å²) in [7, 11) is 3.03. The zero-order valence-corrected chi connectivity index (χ0v) is 14.2. The second-order valence-corrected chi connectivity index (χ2v) is 5.71. The lowest BCUT2D eigenvalue weighted by atomic mass is 10.0. The maximum atomic E-state index is 12.7. The van der Waals surface area contributed by atoms with Crippen LogP contribution in [-0.2, 0) is 16.0 Å². The van der Waals surface area contributed by atoms with Gasteiger partial charge < -0.3 is 19.7 Å². The fourth-order valence-electron chi connectivity index (χ4n) is 2.95. The number of hydrogen-bond donors (Lipinski definition) is 1. The zero-order valence-electron chi connectivity index (χ0n) is 14.2. The predicted molar refractivity (Wildman–Crippen MR) is 95.3 cm³/mol. The van der Waals surface area contributed by atoms with Crippen LogP contribution in [0.15, 0.2) is 42.5 Å². The van der Waals surface area contributed by atoms with E-state index >= 15 is 0 Å². The Kier molecular flexibility index (Phi) is 4.88. The number of anilines is 2. The Morgan fingerprint density at radius 3 is 2.64 bits per heavy atom. The third-order valence-corrected chi connectivity index (χ3v) is 4.20. The van der Waals surface area contributed by atoms with E-state index < -0.39 is 11.8 Å². The molecule has 0 atom stereocenters. The van der Waals surface area contributed by atoms with Gasteiger partial charge in [0.25, 0.3) is 0 Å². The molecule has 0 spiro atoms. The number of hydrogen-bond acceptors (Lipinski definition) is 4. The van der Waals surface area contributed by atoms with Gasteiger partial charge in [0.15, 0.2) is 0 Å². The number of methoxy groups -OCH3 is 2. The third kappa shape index (κ3) is 3.42. The largest absolute Gasteiger partial charge is 0.497 e. The molecule has 0 aromatic heterocycles. The number of ether oxygens (including phenoxy) is 2. The van der Waals surface area contributed by atoms with Crippen molar-refractivity contribution in [3.05, 3.63) is 48.0 Å². The zero-order chi connectivity index (χ0) is 17.8. The number of para-hydroxylation sites is 1. The summed E-state index contributed by atoms with van der Waals surface area (Å²) in [4.78, 5) is 26.7. The molecule has 6 nitrogen and oxygen atoms in total. The monoisotopic (exact) mass is 340 g/mol. The van der Waals surface area contributed by atoms with Crippen molar-refractivity contribution >= 4 is 23.2 Å². The number of nitrogens with zero attached hydrogens (tertiary/aromatic N) is 1. The molecule has 2 aromatic rings. The molecule has 0 fully saturated rings. The molecule has 0 radical (unpaired) electrons. The van der Waals surface area contributed by atoms with Gasteiger partial charge >= 0.3 is 11.8 Å². The number of carbonyl (C=O) groups excluding carboxylic acids is 2. The van der Waals surface area contributed by atoms with Gasteiger partial charge in [-0.15, -0.1) is 0 Å². The summed E-state index contributed by atoms with van der Waals surface area (Å²) < 4.78 is 10.4. The van der Waals surface area contributed by atoms with Crippen LogP contribution < -0.4 is 19.7 Å². The van der Waals surface area contributed by atoms with Crippen molar-refractivity contribution in [2.24, 2.45) is 0 Å². The average molecular weight is 340 g/mol. The number of amides is 2. The molecule has 6 heteroatoms. The maximum Gasteiger partial charge on any atom is 0.316 e. The molecule has 0 saturated carbocycles. The first kappa shape index (κ1) is 16.8. The fraction of sp³-hybridized carbons (Fsp3) is 0.263. The average Bonchev–Trinajstić information content (AvgIpc) is 2.66. The normalized spacial score (nSPS) is 13.0. The van der Waals surface area contributed by atoms with Gasteiger partial charge in [-0.3, -0.25) is 9.59 Å². The van der Waals surface area contributed by atoms with Crippen LogP contribution in [0.1, 0.15) is 12.0 Å². The van der Waals surface area contributed by atoms with E-state index in [-0.39, 0.29) is 0 Å². The Hall–Kier alpha value is -3.02.